The molecule has 76 valence electrons. The van der Waals surface area contributed by atoms with E-state index < -0.39 is 0 Å². The van der Waals surface area contributed by atoms with Gasteiger partial charge in [-0.15, -0.1) is 0 Å². The summed E-state index contributed by atoms with van der Waals surface area (Å²) in [5.41, 5.74) is 7.04. The maximum absolute atomic E-state index is 5.90. The standard InChI is InChI=1S/C12H17NO/c1-9-4-2-3-5-12(9)14-11-7-6-10(13)8-11/h2-5,10-11H,6-8,13H2,1H3. The van der Waals surface area contributed by atoms with Crippen LogP contribution in [0.1, 0.15) is 24.8 Å². The second-order valence-electron chi connectivity index (χ2n) is 4.08. The number of hydrogen-bond donors (Lipinski definition) is 1. The van der Waals surface area contributed by atoms with Crippen LogP contribution in [0, 0.1) is 6.92 Å². The first kappa shape index (κ1) is 9.53. The molecule has 0 radical (unpaired) electrons. The van der Waals surface area contributed by atoms with Crippen molar-refractivity contribution in [2.24, 2.45) is 5.73 Å². The Morgan fingerprint density at radius 1 is 1.29 bits per heavy atom. The van der Waals surface area contributed by atoms with E-state index in [2.05, 4.69) is 13.0 Å². The number of rotatable bonds is 2. The monoisotopic (exact) mass is 191 g/mol. The topological polar surface area (TPSA) is 35.2 Å². The van der Waals surface area contributed by atoms with E-state index in [0.717, 1.165) is 25.0 Å². The summed E-state index contributed by atoms with van der Waals surface area (Å²) in [7, 11) is 0. The average molecular weight is 191 g/mol. The Bertz CT molecular complexity index is 311. The zero-order chi connectivity index (χ0) is 9.97. The minimum Gasteiger partial charge on any atom is -0.490 e. The van der Waals surface area contributed by atoms with Gasteiger partial charge >= 0.3 is 0 Å². The first-order valence-corrected chi connectivity index (χ1v) is 5.23. The number of nitrogens with two attached hydrogens (primary N) is 1. The Labute approximate surface area is 85.1 Å². The van der Waals surface area contributed by atoms with Gasteiger partial charge in [-0.2, -0.15) is 0 Å². The summed E-state index contributed by atoms with van der Waals surface area (Å²) in [5, 5.41) is 0. The van der Waals surface area contributed by atoms with Gasteiger partial charge in [0.25, 0.3) is 0 Å². The van der Waals surface area contributed by atoms with Gasteiger partial charge < -0.3 is 10.5 Å². The highest BCUT2D eigenvalue weighted by atomic mass is 16.5. The van der Waals surface area contributed by atoms with Crippen molar-refractivity contribution >= 4 is 0 Å². The van der Waals surface area contributed by atoms with Gasteiger partial charge in [0.2, 0.25) is 0 Å². The smallest absolute Gasteiger partial charge is 0.122 e. The maximum atomic E-state index is 5.90. The first-order valence-electron chi connectivity index (χ1n) is 5.23. The van der Waals surface area contributed by atoms with Crippen LogP contribution in [0.2, 0.25) is 0 Å². The van der Waals surface area contributed by atoms with E-state index in [1.54, 1.807) is 0 Å². The maximum Gasteiger partial charge on any atom is 0.122 e. The minimum absolute atomic E-state index is 0.325. The van der Waals surface area contributed by atoms with E-state index in [0.29, 0.717) is 12.1 Å². The van der Waals surface area contributed by atoms with Gasteiger partial charge in [0, 0.05) is 6.04 Å². The van der Waals surface area contributed by atoms with Crippen LogP contribution in [0.3, 0.4) is 0 Å². The van der Waals surface area contributed by atoms with Crippen molar-refractivity contribution in [1.29, 1.82) is 0 Å². The Hall–Kier alpha value is -1.02. The van der Waals surface area contributed by atoms with E-state index in [-0.39, 0.29) is 0 Å². The van der Waals surface area contributed by atoms with E-state index >= 15 is 0 Å². The Kier molecular flexibility index (Phi) is 2.73. The highest BCUT2D eigenvalue weighted by Gasteiger charge is 2.23. The van der Waals surface area contributed by atoms with Crippen molar-refractivity contribution in [3.8, 4) is 5.75 Å². The van der Waals surface area contributed by atoms with Gasteiger partial charge in [-0.3, -0.25) is 0 Å². The van der Waals surface area contributed by atoms with Crippen molar-refractivity contribution in [2.75, 3.05) is 0 Å². The number of ether oxygens (including phenoxy) is 1. The molecule has 1 aliphatic carbocycles. The molecule has 2 nitrogen and oxygen atoms in total. The lowest BCUT2D eigenvalue weighted by atomic mass is 10.2. The molecule has 2 atom stereocenters. The second-order valence-corrected chi connectivity index (χ2v) is 4.08. The van der Waals surface area contributed by atoms with Gasteiger partial charge in [0.1, 0.15) is 11.9 Å². The first-order chi connectivity index (χ1) is 6.75. The molecule has 0 spiro atoms. The molecule has 1 aliphatic rings. The van der Waals surface area contributed by atoms with E-state index in [9.17, 15) is 0 Å². The predicted molar refractivity (Wildman–Crippen MR) is 57.4 cm³/mol. The molecule has 1 fully saturated rings. The molecule has 0 heterocycles. The second kappa shape index (κ2) is 4.01. The highest BCUT2D eigenvalue weighted by Crippen LogP contribution is 2.25. The quantitative estimate of drug-likeness (QED) is 0.778. The van der Waals surface area contributed by atoms with Gasteiger partial charge in [0.05, 0.1) is 0 Å². The molecule has 1 aromatic carbocycles. The molecule has 1 aromatic rings. The molecule has 1 saturated carbocycles. The fraction of sp³-hybridized carbons (Fsp3) is 0.500. The van der Waals surface area contributed by atoms with Crippen LogP contribution in [0.5, 0.6) is 5.75 Å². The van der Waals surface area contributed by atoms with E-state index in [4.69, 9.17) is 10.5 Å². The van der Waals surface area contributed by atoms with Gasteiger partial charge in [-0.05, 0) is 37.8 Å². The average Bonchev–Trinajstić information content (AvgIpc) is 2.56. The number of para-hydroxylation sites is 1. The Morgan fingerprint density at radius 3 is 2.71 bits per heavy atom. The van der Waals surface area contributed by atoms with Crippen molar-refractivity contribution in [3.05, 3.63) is 29.8 Å². The normalized spacial score (nSPS) is 26.4. The summed E-state index contributed by atoms with van der Waals surface area (Å²) in [4.78, 5) is 0. The zero-order valence-electron chi connectivity index (χ0n) is 8.57. The summed E-state index contributed by atoms with van der Waals surface area (Å²) in [6, 6.07) is 8.48. The zero-order valence-corrected chi connectivity index (χ0v) is 8.57. The lowest BCUT2D eigenvalue weighted by molar-refractivity contribution is 0.207. The van der Waals surface area contributed by atoms with Crippen LogP contribution in [0.15, 0.2) is 24.3 Å². The lowest BCUT2D eigenvalue weighted by Crippen LogP contribution is -2.19. The summed E-state index contributed by atoms with van der Waals surface area (Å²) >= 11 is 0. The van der Waals surface area contributed by atoms with E-state index in [1.165, 1.54) is 5.56 Å². The molecule has 14 heavy (non-hydrogen) atoms. The largest absolute Gasteiger partial charge is 0.490 e. The third-order valence-electron chi connectivity index (χ3n) is 2.81. The van der Waals surface area contributed by atoms with Crippen LogP contribution >= 0.6 is 0 Å². The molecule has 0 aromatic heterocycles. The van der Waals surface area contributed by atoms with Gasteiger partial charge in [0.15, 0.2) is 0 Å². The molecular formula is C12H17NO. The fourth-order valence-corrected chi connectivity index (χ4v) is 1.95. The molecule has 0 aliphatic heterocycles. The molecule has 2 heteroatoms. The summed E-state index contributed by atoms with van der Waals surface area (Å²) < 4.78 is 5.90. The van der Waals surface area contributed by atoms with Crippen LogP contribution < -0.4 is 10.5 Å². The Balaban J connectivity index is 2.01. The van der Waals surface area contributed by atoms with E-state index in [1.807, 2.05) is 18.2 Å². The molecule has 0 saturated heterocycles. The minimum atomic E-state index is 0.325. The Morgan fingerprint density at radius 2 is 2.07 bits per heavy atom. The van der Waals surface area contributed by atoms with Crippen LogP contribution in [-0.4, -0.2) is 12.1 Å². The summed E-state index contributed by atoms with van der Waals surface area (Å²) in [6.45, 7) is 2.07. The van der Waals surface area contributed by atoms with Crippen LogP contribution in [0.4, 0.5) is 0 Å². The molecule has 0 bridgehead atoms. The summed E-state index contributed by atoms with van der Waals surface area (Å²) in [5.74, 6) is 1.01. The fourth-order valence-electron chi connectivity index (χ4n) is 1.95. The summed E-state index contributed by atoms with van der Waals surface area (Å²) in [6.07, 6.45) is 3.51. The highest BCUT2D eigenvalue weighted by molar-refractivity contribution is 5.32. The number of aryl methyl sites for hydroxylation is 1. The lowest BCUT2D eigenvalue weighted by Gasteiger charge is -2.14. The third-order valence-corrected chi connectivity index (χ3v) is 2.81. The van der Waals surface area contributed by atoms with Crippen LogP contribution in [0.25, 0.3) is 0 Å². The predicted octanol–water partition coefficient (Wildman–Crippen LogP) is 2.25. The molecule has 2 unspecified atom stereocenters. The SMILES string of the molecule is Cc1ccccc1OC1CCC(N)C1. The van der Waals surface area contributed by atoms with Crippen molar-refractivity contribution < 1.29 is 4.74 Å². The van der Waals surface area contributed by atoms with Gasteiger partial charge in [-0.1, -0.05) is 18.2 Å². The van der Waals surface area contributed by atoms with Gasteiger partial charge in [-0.25, -0.2) is 0 Å². The number of benzene rings is 1. The molecular weight excluding hydrogens is 174 g/mol. The van der Waals surface area contributed by atoms with Crippen molar-refractivity contribution in [1.82, 2.24) is 0 Å². The molecule has 2 rings (SSSR count). The van der Waals surface area contributed by atoms with Crippen molar-refractivity contribution in [2.45, 2.75) is 38.3 Å². The van der Waals surface area contributed by atoms with Crippen LogP contribution in [-0.2, 0) is 0 Å². The third kappa shape index (κ3) is 2.07. The van der Waals surface area contributed by atoms with Crippen molar-refractivity contribution in [3.63, 3.8) is 0 Å². The number of hydrogen-bond acceptors (Lipinski definition) is 2. The molecule has 2 N–H and O–H groups in total. The molecule has 0 amide bonds.